The Bertz CT molecular complexity index is 1180. The quantitative estimate of drug-likeness (QED) is 0.349. The van der Waals surface area contributed by atoms with Crippen LogP contribution >= 0.6 is 0 Å². The number of benzene rings is 3. The summed E-state index contributed by atoms with van der Waals surface area (Å²) in [6.45, 7) is 0.155. The van der Waals surface area contributed by atoms with Crippen molar-refractivity contribution >= 4 is 16.5 Å². The fourth-order valence-corrected chi connectivity index (χ4v) is 3.06. The minimum absolute atomic E-state index is 0.0249. The normalized spacial score (nSPS) is 10.7. The van der Waals surface area contributed by atoms with Crippen molar-refractivity contribution in [3.05, 3.63) is 88.5 Å². The average Bonchev–Trinajstić information content (AvgIpc) is 2.77. The maximum Gasteiger partial charge on any atom is 0.269 e. The van der Waals surface area contributed by atoms with Crippen LogP contribution < -0.4 is 9.47 Å². The van der Waals surface area contributed by atoms with E-state index in [1.807, 2.05) is 48.5 Å². The molecule has 3 aromatic carbocycles. The number of rotatable bonds is 6. The number of hydrogen-bond donors (Lipinski definition) is 0. The van der Waals surface area contributed by atoms with E-state index in [1.54, 1.807) is 19.2 Å². The zero-order chi connectivity index (χ0) is 20.2. The predicted molar refractivity (Wildman–Crippen MR) is 109 cm³/mol. The summed E-state index contributed by atoms with van der Waals surface area (Å²) in [5, 5.41) is 21.3. The first-order chi connectivity index (χ1) is 14.2. The molecule has 4 rings (SSSR count). The second-order valence-corrected chi connectivity index (χ2v) is 6.34. The Labute approximate surface area is 166 Å². The van der Waals surface area contributed by atoms with Crippen LogP contribution in [-0.4, -0.2) is 22.2 Å². The minimum Gasteiger partial charge on any atom is -0.497 e. The van der Waals surface area contributed by atoms with Crippen LogP contribution in [0.2, 0.25) is 0 Å². The molecule has 144 valence electrons. The van der Waals surface area contributed by atoms with Crippen LogP contribution in [0.3, 0.4) is 0 Å². The lowest BCUT2D eigenvalue weighted by molar-refractivity contribution is -0.384. The molecule has 7 nitrogen and oxygen atoms in total. The van der Waals surface area contributed by atoms with Gasteiger partial charge < -0.3 is 9.47 Å². The largest absolute Gasteiger partial charge is 0.497 e. The molecule has 0 spiro atoms. The molecule has 0 radical (unpaired) electrons. The molecular weight excluding hydrogens is 370 g/mol. The molecule has 1 aromatic heterocycles. The molecule has 1 heterocycles. The summed E-state index contributed by atoms with van der Waals surface area (Å²) in [5.74, 6) is 1.15. The van der Waals surface area contributed by atoms with Gasteiger partial charge in [-0.05, 0) is 35.9 Å². The number of non-ortho nitro benzene ring substituents is 1. The molecule has 0 fully saturated rings. The van der Waals surface area contributed by atoms with Crippen molar-refractivity contribution in [2.45, 2.75) is 6.61 Å². The minimum atomic E-state index is -0.428. The monoisotopic (exact) mass is 387 g/mol. The average molecular weight is 387 g/mol. The van der Waals surface area contributed by atoms with Gasteiger partial charge in [0.15, 0.2) is 0 Å². The molecule has 29 heavy (non-hydrogen) atoms. The number of nitro groups is 1. The zero-order valence-corrected chi connectivity index (χ0v) is 15.6. The molecule has 0 amide bonds. The molecule has 0 aliphatic carbocycles. The van der Waals surface area contributed by atoms with Gasteiger partial charge in [0.1, 0.15) is 18.1 Å². The maximum absolute atomic E-state index is 10.9. The first kappa shape index (κ1) is 18.4. The summed E-state index contributed by atoms with van der Waals surface area (Å²) < 4.78 is 11.1. The van der Waals surface area contributed by atoms with Gasteiger partial charge in [-0.3, -0.25) is 10.1 Å². The summed E-state index contributed by atoms with van der Waals surface area (Å²) in [6.07, 6.45) is 0. The van der Waals surface area contributed by atoms with Crippen LogP contribution in [0.4, 0.5) is 5.69 Å². The van der Waals surface area contributed by atoms with Gasteiger partial charge >= 0.3 is 0 Å². The highest BCUT2D eigenvalue weighted by Crippen LogP contribution is 2.32. The third kappa shape index (κ3) is 3.84. The number of hydrogen-bond acceptors (Lipinski definition) is 6. The first-order valence-corrected chi connectivity index (χ1v) is 8.91. The van der Waals surface area contributed by atoms with E-state index >= 15 is 0 Å². The van der Waals surface area contributed by atoms with Gasteiger partial charge in [-0.25, -0.2) is 0 Å². The number of nitro benzene ring substituents is 1. The van der Waals surface area contributed by atoms with Crippen molar-refractivity contribution in [2.24, 2.45) is 0 Å². The molecule has 7 heteroatoms. The second kappa shape index (κ2) is 7.93. The van der Waals surface area contributed by atoms with Crippen LogP contribution in [0.15, 0.2) is 72.8 Å². The van der Waals surface area contributed by atoms with Crippen molar-refractivity contribution < 1.29 is 14.4 Å². The van der Waals surface area contributed by atoms with Crippen LogP contribution in [0.25, 0.3) is 22.0 Å². The van der Waals surface area contributed by atoms with Gasteiger partial charge in [0.05, 0.1) is 12.0 Å². The van der Waals surface area contributed by atoms with E-state index in [1.165, 1.54) is 12.1 Å². The Kier molecular flexibility index (Phi) is 5.03. The van der Waals surface area contributed by atoms with Gasteiger partial charge in [-0.1, -0.05) is 30.3 Å². The molecule has 0 atom stereocenters. The third-order valence-corrected chi connectivity index (χ3v) is 4.51. The molecule has 0 N–H and O–H groups in total. The lowest BCUT2D eigenvalue weighted by Gasteiger charge is -2.11. The molecule has 0 bridgehead atoms. The number of aromatic nitrogens is 2. The number of ether oxygens (including phenoxy) is 2. The van der Waals surface area contributed by atoms with E-state index in [4.69, 9.17) is 9.47 Å². The van der Waals surface area contributed by atoms with Gasteiger partial charge in [0, 0.05) is 28.5 Å². The van der Waals surface area contributed by atoms with Gasteiger partial charge in [-0.15, -0.1) is 10.2 Å². The summed E-state index contributed by atoms with van der Waals surface area (Å²) in [5.41, 5.74) is 2.37. The van der Waals surface area contributed by atoms with Crippen molar-refractivity contribution in [1.82, 2.24) is 10.2 Å². The Balaban J connectivity index is 1.66. The third-order valence-electron chi connectivity index (χ3n) is 4.51. The topological polar surface area (TPSA) is 87.4 Å². The predicted octanol–water partition coefficient (Wildman–Crippen LogP) is 4.79. The fraction of sp³-hybridized carbons (Fsp3) is 0.0909. The van der Waals surface area contributed by atoms with Crippen molar-refractivity contribution in [1.29, 1.82) is 0 Å². The molecule has 0 saturated carbocycles. The molecule has 0 aliphatic heterocycles. The highest BCUT2D eigenvalue weighted by Gasteiger charge is 2.13. The number of methoxy groups -OCH3 is 1. The molecule has 0 unspecified atom stereocenters. The maximum atomic E-state index is 10.9. The van der Waals surface area contributed by atoms with Crippen molar-refractivity contribution in [2.75, 3.05) is 7.11 Å². The van der Waals surface area contributed by atoms with E-state index in [0.29, 0.717) is 11.4 Å². The second-order valence-electron chi connectivity index (χ2n) is 6.34. The fourth-order valence-electron chi connectivity index (χ4n) is 3.06. The lowest BCUT2D eigenvalue weighted by Crippen LogP contribution is -2.01. The van der Waals surface area contributed by atoms with Crippen LogP contribution in [0.1, 0.15) is 5.56 Å². The van der Waals surface area contributed by atoms with Crippen LogP contribution in [-0.2, 0) is 6.61 Å². The van der Waals surface area contributed by atoms with E-state index in [-0.39, 0.29) is 12.3 Å². The summed E-state index contributed by atoms with van der Waals surface area (Å²) in [4.78, 5) is 10.5. The lowest BCUT2D eigenvalue weighted by atomic mass is 10.0. The Morgan fingerprint density at radius 1 is 0.931 bits per heavy atom. The Morgan fingerprint density at radius 2 is 1.69 bits per heavy atom. The van der Waals surface area contributed by atoms with Crippen LogP contribution in [0, 0.1) is 10.1 Å². The summed E-state index contributed by atoms with van der Waals surface area (Å²) in [6, 6.07) is 21.7. The van der Waals surface area contributed by atoms with E-state index < -0.39 is 4.92 Å². The number of fused-ring (bicyclic) bond motifs is 1. The standard InChI is InChI=1S/C22H17N3O4/c1-28-18-11-9-16(10-12-18)21-19-7-2-3-8-20(19)22(24-23-21)29-14-15-5-4-6-17(13-15)25(26)27/h2-13H,14H2,1H3. The van der Waals surface area contributed by atoms with Gasteiger partial charge in [0.2, 0.25) is 5.88 Å². The zero-order valence-electron chi connectivity index (χ0n) is 15.6. The molecule has 4 aromatic rings. The van der Waals surface area contributed by atoms with E-state index in [0.717, 1.165) is 27.8 Å². The van der Waals surface area contributed by atoms with Crippen molar-refractivity contribution in [3.63, 3.8) is 0 Å². The Morgan fingerprint density at radius 3 is 2.41 bits per heavy atom. The van der Waals surface area contributed by atoms with E-state index in [9.17, 15) is 10.1 Å². The molecule has 0 saturated heterocycles. The molecular formula is C22H17N3O4. The van der Waals surface area contributed by atoms with E-state index in [2.05, 4.69) is 10.2 Å². The van der Waals surface area contributed by atoms with Gasteiger partial charge in [-0.2, -0.15) is 0 Å². The first-order valence-electron chi connectivity index (χ1n) is 8.91. The smallest absolute Gasteiger partial charge is 0.269 e. The van der Waals surface area contributed by atoms with Crippen molar-refractivity contribution in [3.8, 4) is 22.9 Å². The summed E-state index contributed by atoms with van der Waals surface area (Å²) in [7, 11) is 1.62. The summed E-state index contributed by atoms with van der Waals surface area (Å²) >= 11 is 0. The van der Waals surface area contributed by atoms with Gasteiger partial charge in [0.25, 0.3) is 5.69 Å². The SMILES string of the molecule is COc1ccc(-c2nnc(OCc3cccc([N+](=O)[O-])c3)c3ccccc23)cc1. The highest BCUT2D eigenvalue weighted by atomic mass is 16.6. The Hall–Kier alpha value is -4.00. The highest BCUT2D eigenvalue weighted by molar-refractivity contribution is 5.96. The van der Waals surface area contributed by atoms with Crippen LogP contribution in [0.5, 0.6) is 11.6 Å². The number of nitrogens with zero attached hydrogens (tertiary/aromatic N) is 3. The molecule has 0 aliphatic rings.